The van der Waals surface area contributed by atoms with Crippen LogP contribution in [0.3, 0.4) is 0 Å². The average molecular weight is 229 g/mol. The fourth-order valence-electron chi connectivity index (χ4n) is 0.111. The molecular formula is C5H7Cl2Zr. The van der Waals surface area contributed by atoms with E-state index in [4.69, 9.17) is 6.58 Å². The van der Waals surface area contributed by atoms with Gasteiger partial charge in [-0.2, -0.15) is 6.08 Å². The normalized spacial score (nSPS) is 5.62. The van der Waals surface area contributed by atoms with E-state index < -0.39 is 0 Å². The summed E-state index contributed by atoms with van der Waals surface area (Å²) in [5.74, 6) is 0. The minimum absolute atomic E-state index is 0. The molecule has 0 spiro atoms. The fraction of sp³-hybridized carbons (Fsp3) is 0.200. The minimum atomic E-state index is 0. The Balaban J connectivity index is -0.0000000267. The molecule has 0 atom stereocenters. The van der Waals surface area contributed by atoms with Crippen molar-refractivity contribution < 1.29 is 51.0 Å². The molecule has 0 aromatic carbocycles. The number of halogens is 2. The van der Waals surface area contributed by atoms with Crippen LogP contribution in [0.25, 0.3) is 0 Å². The van der Waals surface area contributed by atoms with Crippen LogP contribution >= 0.6 is 0 Å². The van der Waals surface area contributed by atoms with E-state index in [1.807, 2.05) is 13.0 Å². The molecule has 0 N–H and O–H groups in total. The Morgan fingerprint density at radius 2 is 1.62 bits per heavy atom. The largest absolute Gasteiger partial charge is 3.00 e. The van der Waals surface area contributed by atoms with Crippen LogP contribution in [0.5, 0.6) is 0 Å². The van der Waals surface area contributed by atoms with E-state index in [-0.39, 0.29) is 51.0 Å². The first kappa shape index (κ1) is 23.1. The zero-order chi connectivity index (χ0) is 4.12. The van der Waals surface area contributed by atoms with Crippen LogP contribution in [0.2, 0.25) is 0 Å². The van der Waals surface area contributed by atoms with Crippen molar-refractivity contribution in [3.8, 4) is 0 Å². The van der Waals surface area contributed by atoms with E-state index in [0.29, 0.717) is 0 Å². The number of allylic oxidation sites excluding steroid dienone is 3. The zero-order valence-corrected chi connectivity index (χ0v) is 8.54. The Hall–Kier alpha value is 0.943. The molecule has 45 valence electrons. The predicted molar refractivity (Wildman–Crippen MR) is 23.7 cm³/mol. The van der Waals surface area contributed by atoms with E-state index >= 15 is 0 Å². The van der Waals surface area contributed by atoms with Crippen molar-refractivity contribution in [2.45, 2.75) is 6.92 Å². The topological polar surface area (TPSA) is 0 Å². The van der Waals surface area contributed by atoms with Crippen molar-refractivity contribution >= 4 is 0 Å². The first-order valence-electron chi connectivity index (χ1n) is 1.58. The SMILES string of the molecule is [CH-]=CC=CC.[Cl-].[Cl-].[Zr+3]. The molecular weight excluding hydrogens is 222 g/mol. The number of hydrogen-bond donors (Lipinski definition) is 0. The molecule has 0 aliphatic rings. The molecule has 0 aliphatic heterocycles. The van der Waals surface area contributed by atoms with E-state index in [2.05, 4.69) is 0 Å². The van der Waals surface area contributed by atoms with Crippen molar-refractivity contribution in [2.75, 3.05) is 0 Å². The van der Waals surface area contributed by atoms with Crippen LogP contribution in [-0.4, -0.2) is 0 Å². The molecule has 0 nitrogen and oxygen atoms in total. The molecule has 0 saturated heterocycles. The van der Waals surface area contributed by atoms with Crippen LogP contribution < -0.4 is 24.8 Å². The third-order valence-corrected chi connectivity index (χ3v) is 0.304. The average Bonchev–Trinajstić information content (AvgIpc) is 1.41. The summed E-state index contributed by atoms with van der Waals surface area (Å²) in [4.78, 5) is 0. The van der Waals surface area contributed by atoms with Crippen molar-refractivity contribution in [1.82, 2.24) is 0 Å². The monoisotopic (exact) mass is 227 g/mol. The Kier molecular flexibility index (Phi) is 71.1. The molecule has 0 aromatic rings. The first-order chi connectivity index (χ1) is 2.41. The molecule has 0 aromatic heterocycles. The molecule has 0 amide bonds. The van der Waals surface area contributed by atoms with E-state index in [1.165, 1.54) is 6.08 Å². The van der Waals surface area contributed by atoms with Crippen LogP contribution in [0, 0.1) is 6.58 Å². The summed E-state index contributed by atoms with van der Waals surface area (Å²) in [7, 11) is 0. The zero-order valence-electron chi connectivity index (χ0n) is 4.57. The molecule has 0 aliphatic carbocycles. The van der Waals surface area contributed by atoms with Crippen LogP contribution in [0.15, 0.2) is 18.2 Å². The maximum atomic E-state index is 4.93. The molecule has 0 rings (SSSR count). The first-order valence-corrected chi connectivity index (χ1v) is 1.58. The molecule has 0 saturated carbocycles. The van der Waals surface area contributed by atoms with Crippen molar-refractivity contribution in [1.29, 1.82) is 0 Å². The summed E-state index contributed by atoms with van der Waals surface area (Å²) < 4.78 is 0. The predicted octanol–water partition coefficient (Wildman–Crippen LogP) is -4.44. The third kappa shape index (κ3) is 28.3. The third-order valence-electron chi connectivity index (χ3n) is 0.304. The van der Waals surface area contributed by atoms with Gasteiger partial charge < -0.3 is 24.8 Å². The Labute approximate surface area is 82.4 Å². The summed E-state index contributed by atoms with van der Waals surface area (Å²) in [6, 6.07) is 0. The number of rotatable bonds is 1. The number of hydrogen-bond acceptors (Lipinski definition) is 0. The van der Waals surface area contributed by atoms with Crippen molar-refractivity contribution in [3.05, 3.63) is 24.8 Å². The maximum Gasteiger partial charge on any atom is 3.00 e. The molecule has 8 heavy (non-hydrogen) atoms. The Bertz CT molecular complexity index is 52.4. The van der Waals surface area contributed by atoms with Crippen molar-refractivity contribution in [2.24, 2.45) is 0 Å². The van der Waals surface area contributed by atoms with Gasteiger partial charge >= 0.3 is 26.2 Å². The summed E-state index contributed by atoms with van der Waals surface area (Å²) in [6.07, 6.45) is 5.15. The van der Waals surface area contributed by atoms with Gasteiger partial charge in [0.2, 0.25) is 0 Å². The summed E-state index contributed by atoms with van der Waals surface area (Å²) in [5, 5.41) is 0. The Morgan fingerprint density at radius 3 is 1.62 bits per heavy atom. The molecule has 0 fully saturated rings. The second-order valence-electron chi connectivity index (χ2n) is 0.718. The molecule has 3 heteroatoms. The smallest absolute Gasteiger partial charge is 1.00 e. The molecule has 0 heterocycles. The second kappa shape index (κ2) is 24.6. The minimum Gasteiger partial charge on any atom is -1.00 e. The van der Waals surface area contributed by atoms with Crippen molar-refractivity contribution in [3.63, 3.8) is 0 Å². The van der Waals surface area contributed by atoms with E-state index in [9.17, 15) is 0 Å². The summed E-state index contributed by atoms with van der Waals surface area (Å²) in [6.45, 7) is 6.85. The summed E-state index contributed by atoms with van der Waals surface area (Å²) >= 11 is 0. The quantitative estimate of drug-likeness (QED) is 0.314. The Morgan fingerprint density at radius 1 is 1.25 bits per heavy atom. The van der Waals surface area contributed by atoms with Gasteiger partial charge in [0, 0.05) is 0 Å². The summed E-state index contributed by atoms with van der Waals surface area (Å²) in [5.41, 5.74) is 0. The van der Waals surface area contributed by atoms with Gasteiger partial charge in [-0.15, -0.1) is 0 Å². The van der Waals surface area contributed by atoms with Gasteiger partial charge in [0.1, 0.15) is 0 Å². The maximum absolute atomic E-state index is 4.93. The van der Waals surface area contributed by atoms with Gasteiger partial charge in [0.05, 0.1) is 0 Å². The van der Waals surface area contributed by atoms with Gasteiger partial charge in [-0.1, -0.05) is 6.92 Å². The molecule has 1 radical (unpaired) electrons. The second-order valence-corrected chi connectivity index (χ2v) is 0.718. The van der Waals surface area contributed by atoms with Crippen LogP contribution in [0.4, 0.5) is 0 Å². The molecule has 0 unspecified atom stereocenters. The van der Waals surface area contributed by atoms with Crippen LogP contribution in [-0.2, 0) is 26.2 Å². The van der Waals surface area contributed by atoms with Gasteiger partial charge in [-0.05, 0) is 0 Å². The van der Waals surface area contributed by atoms with Gasteiger partial charge in [-0.3, -0.25) is 6.58 Å². The van der Waals surface area contributed by atoms with Gasteiger partial charge in [0.25, 0.3) is 0 Å². The van der Waals surface area contributed by atoms with Crippen LogP contribution in [0.1, 0.15) is 6.92 Å². The van der Waals surface area contributed by atoms with Gasteiger partial charge in [-0.25, -0.2) is 12.2 Å². The van der Waals surface area contributed by atoms with E-state index in [1.54, 1.807) is 6.08 Å². The van der Waals surface area contributed by atoms with E-state index in [0.717, 1.165) is 0 Å². The van der Waals surface area contributed by atoms with Gasteiger partial charge in [0.15, 0.2) is 0 Å². The standard InChI is InChI=1S/C5H7.2ClH.Zr/c1-3-5-4-2;;;/h1,3-5H,2H3;2*1H;/q-1;;;+3/p-2. The fourth-order valence-corrected chi connectivity index (χ4v) is 0.111. The molecule has 0 bridgehead atoms.